The van der Waals surface area contributed by atoms with Crippen molar-refractivity contribution in [2.45, 2.75) is 40.2 Å². The smallest absolute Gasteiger partial charge is 0.258 e. The Morgan fingerprint density at radius 3 is 2.65 bits per heavy atom. The van der Waals surface area contributed by atoms with Crippen LogP contribution in [0.4, 0.5) is 0 Å². The van der Waals surface area contributed by atoms with E-state index in [1.54, 1.807) is 0 Å². The number of rotatable bonds is 6. The van der Waals surface area contributed by atoms with Crippen LogP contribution in [-0.2, 0) is 11.2 Å². The number of amides is 1. The molecule has 0 saturated carbocycles. The zero-order valence-corrected chi connectivity index (χ0v) is 15.5. The normalized spacial score (nSPS) is 12.2. The van der Waals surface area contributed by atoms with E-state index in [-0.39, 0.29) is 18.6 Å². The maximum absolute atomic E-state index is 12.3. The summed E-state index contributed by atoms with van der Waals surface area (Å²) in [4.78, 5) is 21.1. The molecule has 136 valence electrons. The molecule has 26 heavy (non-hydrogen) atoms. The number of furan rings is 1. The Hall–Kier alpha value is -2.89. The van der Waals surface area contributed by atoms with Crippen molar-refractivity contribution in [3.63, 3.8) is 0 Å². The maximum atomic E-state index is 12.3. The van der Waals surface area contributed by atoms with Gasteiger partial charge in [0, 0.05) is 12.0 Å². The molecule has 0 aliphatic carbocycles. The van der Waals surface area contributed by atoms with Crippen LogP contribution >= 0.6 is 0 Å². The summed E-state index contributed by atoms with van der Waals surface area (Å²) in [6.45, 7) is 7.59. The molecule has 0 fully saturated rings. The first kappa shape index (κ1) is 17.9. The number of carbonyl (C=O) groups is 1. The lowest BCUT2D eigenvalue weighted by Crippen LogP contribution is -2.31. The molecule has 1 unspecified atom stereocenters. The van der Waals surface area contributed by atoms with Gasteiger partial charge in [-0.25, -0.2) is 0 Å². The van der Waals surface area contributed by atoms with Crippen LogP contribution < -0.4 is 10.1 Å². The molecule has 0 bridgehead atoms. The van der Waals surface area contributed by atoms with Gasteiger partial charge in [0.2, 0.25) is 11.6 Å². The third-order valence-electron chi connectivity index (χ3n) is 4.38. The topological polar surface area (TPSA) is 77.2 Å². The number of fused-ring (bicyclic) bond motifs is 1. The Morgan fingerprint density at radius 1 is 1.23 bits per heavy atom. The summed E-state index contributed by atoms with van der Waals surface area (Å²) < 4.78 is 11.4. The van der Waals surface area contributed by atoms with E-state index in [1.165, 1.54) is 0 Å². The van der Waals surface area contributed by atoms with Crippen LogP contribution in [0.15, 0.2) is 34.7 Å². The summed E-state index contributed by atoms with van der Waals surface area (Å²) in [6.07, 6.45) is 0.655. The monoisotopic (exact) mass is 353 g/mol. The number of benzene rings is 1. The molecule has 0 spiro atoms. The highest BCUT2D eigenvalue weighted by molar-refractivity contribution is 5.85. The van der Waals surface area contributed by atoms with E-state index in [1.807, 2.05) is 58.0 Å². The van der Waals surface area contributed by atoms with Crippen LogP contribution in [0, 0.1) is 13.8 Å². The second-order valence-corrected chi connectivity index (χ2v) is 6.25. The van der Waals surface area contributed by atoms with Gasteiger partial charge in [-0.3, -0.25) is 4.79 Å². The average Bonchev–Trinajstić information content (AvgIpc) is 2.94. The third kappa shape index (κ3) is 3.69. The Balaban J connectivity index is 1.74. The summed E-state index contributed by atoms with van der Waals surface area (Å²) >= 11 is 0. The van der Waals surface area contributed by atoms with Gasteiger partial charge >= 0.3 is 0 Å². The van der Waals surface area contributed by atoms with Crippen molar-refractivity contribution in [3.05, 3.63) is 53.0 Å². The molecule has 0 aliphatic rings. The van der Waals surface area contributed by atoms with Gasteiger partial charge in [-0.15, -0.1) is 0 Å². The molecular formula is C20H23N3O3. The van der Waals surface area contributed by atoms with Crippen LogP contribution in [0.2, 0.25) is 0 Å². The first-order valence-corrected chi connectivity index (χ1v) is 8.73. The quantitative estimate of drug-likeness (QED) is 0.732. The van der Waals surface area contributed by atoms with Crippen molar-refractivity contribution >= 4 is 17.0 Å². The van der Waals surface area contributed by atoms with Gasteiger partial charge in [-0.2, -0.15) is 9.97 Å². The first-order valence-electron chi connectivity index (χ1n) is 8.73. The van der Waals surface area contributed by atoms with E-state index in [2.05, 4.69) is 15.3 Å². The SMILES string of the molecule is CCc1nc(OCC(=O)NC(C)c2ccccc2)c2c(C)c(C)oc2n1. The van der Waals surface area contributed by atoms with Gasteiger partial charge in [0.1, 0.15) is 17.0 Å². The van der Waals surface area contributed by atoms with Crippen LogP contribution in [0.3, 0.4) is 0 Å². The molecule has 1 atom stereocenters. The van der Waals surface area contributed by atoms with Gasteiger partial charge in [0.25, 0.3) is 5.91 Å². The number of hydrogen-bond acceptors (Lipinski definition) is 5. The molecule has 0 aliphatic heterocycles. The molecule has 2 aromatic heterocycles. The Bertz CT molecular complexity index is 919. The molecule has 1 N–H and O–H groups in total. The predicted molar refractivity (Wildman–Crippen MR) is 99.2 cm³/mol. The van der Waals surface area contributed by atoms with Gasteiger partial charge in [-0.1, -0.05) is 37.3 Å². The summed E-state index contributed by atoms with van der Waals surface area (Å²) in [5.41, 5.74) is 2.47. The molecule has 1 amide bonds. The molecular weight excluding hydrogens is 330 g/mol. The fraction of sp³-hybridized carbons (Fsp3) is 0.350. The summed E-state index contributed by atoms with van der Waals surface area (Å²) in [5.74, 6) is 1.58. The highest BCUT2D eigenvalue weighted by Gasteiger charge is 2.18. The Morgan fingerprint density at radius 2 is 1.96 bits per heavy atom. The molecule has 3 aromatic rings. The second-order valence-electron chi connectivity index (χ2n) is 6.25. The van der Waals surface area contributed by atoms with Crippen molar-refractivity contribution in [2.75, 3.05) is 6.61 Å². The van der Waals surface area contributed by atoms with E-state index in [9.17, 15) is 4.79 Å². The first-order chi connectivity index (χ1) is 12.5. The number of nitrogens with zero attached hydrogens (tertiary/aromatic N) is 2. The Labute approximate surface area is 152 Å². The number of ether oxygens (including phenoxy) is 1. The minimum Gasteiger partial charge on any atom is -0.467 e. The van der Waals surface area contributed by atoms with E-state index in [4.69, 9.17) is 9.15 Å². The summed E-state index contributed by atoms with van der Waals surface area (Å²) in [6, 6.07) is 9.70. The molecule has 6 heteroatoms. The lowest BCUT2D eigenvalue weighted by molar-refractivity contribution is -0.123. The average molecular weight is 353 g/mol. The lowest BCUT2D eigenvalue weighted by atomic mass is 10.1. The van der Waals surface area contributed by atoms with E-state index in [0.717, 1.165) is 22.3 Å². The van der Waals surface area contributed by atoms with Crippen LogP contribution in [0.25, 0.3) is 11.1 Å². The molecule has 6 nitrogen and oxygen atoms in total. The zero-order chi connectivity index (χ0) is 18.7. The molecule has 2 heterocycles. The lowest BCUT2D eigenvalue weighted by Gasteiger charge is -2.14. The molecule has 0 saturated heterocycles. The largest absolute Gasteiger partial charge is 0.467 e. The van der Waals surface area contributed by atoms with Crippen LogP contribution in [0.5, 0.6) is 5.88 Å². The second kappa shape index (κ2) is 7.56. The van der Waals surface area contributed by atoms with Crippen molar-refractivity contribution in [1.82, 2.24) is 15.3 Å². The maximum Gasteiger partial charge on any atom is 0.258 e. The minimum absolute atomic E-state index is 0.0955. The van der Waals surface area contributed by atoms with E-state index >= 15 is 0 Å². The predicted octanol–water partition coefficient (Wildman–Crippen LogP) is 3.66. The number of aryl methyl sites for hydroxylation is 3. The van der Waals surface area contributed by atoms with E-state index < -0.39 is 0 Å². The van der Waals surface area contributed by atoms with Crippen molar-refractivity contribution in [1.29, 1.82) is 0 Å². The summed E-state index contributed by atoms with van der Waals surface area (Å²) in [7, 11) is 0. The fourth-order valence-electron chi connectivity index (χ4n) is 2.76. The van der Waals surface area contributed by atoms with Gasteiger partial charge in [0.15, 0.2) is 6.61 Å². The highest BCUT2D eigenvalue weighted by atomic mass is 16.5. The minimum atomic E-state index is -0.205. The number of hydrogen-bond donors (Lipinski definition) is 1. The van der Waals surface area contributed by atoms with Gasteiger partial charge in [0.05, 0.1) is 6.04 Å². The van der Waals surface area contributed by atoms with Crippen LogP contribution in [-0.4, -0.2) is 22.5 Å². The molecule has 0 radical (unpaired) electrons. The van der Waals surface area contributed by atoms with Crippen LogP contribution in [0.1, 0.15) is 42.6 Å². The van der Waals surface area contributed by atoms with Crippen molar-refractivity contribution < 1.29 is 13.9 Å². The summed E-state index contributed by atoms with van der Waals surface area (Å²) in [5, 5.41) is 3.66. The fourth-order valence-corrected chi connectivity index (χ4v) is 2.76. The third-order valence-corrected chi connectivity index (χ3v) is 4.38. The Kier molecular flexibility index (Phi) is 5.21. The number of aromatic nitrogens is 2. The van der Waals surface area contributed by atoms with Crippen molar-refractivity contribution in [3.8, 4) is 5.88 Å². The van der Waals surface area contributed by atoms with Gasteiger partial charge in [-0.05, 0) is 26.3 Å². The zero-order valence-electron chi connectivity index (χ0n) is 15.5. The standard InChI is InChI=1S/C20H23N3O3/c1-5-16-22-19(18-12(2)14(4)26-20(18)23-16)25-11-17(24)21-13(3)15-9-7-6-8-10-15/h6-10,13H,5,11H2,1-4H3,(H,21,24). The van der Waals surface area contributed by atoms with E-state index in [0.29, 0.717) is 23.8 Å². The highest BCUT2D eigenvalue weighted by Crippen LogP contribution is 2.30. The molecule has 1 aromatic carbocycles. The number of nitrogens with one attached hydrogen (secondary N) is 1. The van der Waals surface area contributed by atoms with Crippen molar-refractivity contribution in [2.24, 2.45) is 0 Å². The number of carbonyl (C=O) groups excluding carboxylic acids is 1. The van der Waals surface area contributed by atoms with Gasteiger partial charge < -0.3 is 14.5 Å². The molecule has 3 rings (SSSR count).